The van der Waals surface area contributed by atoms with E-state index in [4.69, 9.17) is 9.96 Å². The van der Waals surface area contributed by atoms with Crippen LogP contribution in [0.3, 0.4) is 0 Å². The molecule has 0 saturated heterocycles. The predicted octanol–water partition coefficient (Wildman–Crippen LogP) is 5.01. The fourth-order valence-electron chi connectivity index (χ4n) is 1.82. The molecule has 0 amide bonds. The van der Waals surface area contributed by atoms with Gasteiger partial charge in [0, 0.05) is 0 Å². The van der Waals surface area contributed by atoms with E-state index in [1.807, 2.05) is 91.0 Å². The Kier molecular flexibility index (Phi) is 7.01. The first-order chi connectivity index (χ1) is 10.9. The number of hydrogen-bond donors (Lipinski definition) is 0. The van der Waals surface area contributed by atoms with E-state index in [9.17, 15) is 0 Å². The van der Waals surface area contributed by atoms with Crippen LogP contribution in [-0.4, -0.2) is 0 Å². The van der Waals surface area contributed by atoms with E-state index in [1.54, 1.807) is 0 Å². The van der Waals surface area contributed by atoms with Gasteiger partial charge in [0.15, 0.2) is 0 Å². The van der Waals surface area contributed by atoms with Crippen LogP contribution in [0.5, 0.6) is 17.2 Å². The summed E-state index contributed by atoms with van der Waals surface area (Å²) < 4.78 is 17.8. The molecule has 3 aromatic rings. The van der Waals surface area contributed by atoms with Gasteiger partial charge in [-0.1, -0.05) is 0 Å². The summed E-state index contributed by atoms with van der Waals surface area (Å²) in [6.07, 6.45) is 0. The Bertz CT molecular complexity index is 582. The summed E-state index contributed by atoms with van der Waals surface area (Å²) in [5, 5.41) is 0. The second-order valence-electron chi connectivity index (χ2n) is 4.50. The molecule has 0 aliphatic carbocycles. The van der Waals surface area contributed by atoms with Crippen molar-refractivity contribution in [3.8, 4) is 17.2 Å². The van der Waals surface area contributed by atoms with Crippen molar-refractivity contribution in [3.63, 3.8) is 0 Å². The second-order valence-corrected chi connectivity index (χ2v) is 6.23. The van der Waals surface area contributed by atoms with Crippen LogP contribution in [0.1, 0.15) is 0 Å². The zero-order valence-corrected chi connectivity index (χ0v) is 14.7. The summed E-state index contributed by atoms with van der Waals surface area (Å²) in [6, 6.07) is 28.8. The van der Waals surface area contributed by atoms with Crippen LogP contribution in [0.25, 0.3) is 0 Å². The molecule has 0 aliphatic rings. The van der Waals surface area contributed by atoms with E-state index in [-0.39, 0.29) is 12.4 Å². The molecule has 0 fully saturated rings. The summed E-state index contributed by atoms with van der Waals surface area (Å²) in [4.78, 5) is 0. The monoisotopic (exact) mass is 363 g/mol. The van der Waals surface area contributed by atoms with E-state index in [1.165, 1.54) is 0 Å². The minimum absolute atomic E-state index is 0. The summed E-state index contributed by atoms with van der Waals surface area (Å²) in [5.41, 5.74) is 0. The Balaban J connectivity index is 0.00000192. The first kappa shape index (κ1) is 17.4. The van der Waals surface area contributed by atoms with Gasteiger partial charge in [-0.3, -0.25) is 0 Å². The number of rotatable bonds is 6. The second kappa shape index (κ2) is 9.26. The molecule has 3 nitrogen and oxygen atoms in total. The molecule has 0 N–H and O–H groups in total. The van der Waals surface area contributed by atoms with Crippen molar-refractivity contribution in [2.45, 2.75) is 0 Å². The van der Waals surface area contributed by atoms with Crippen molar-refractivity contribution < 1.29 is 29.0 Å². The van der Waals surface area contributed by atoms with Gasteiger partial charge in [-0.15, -0.1) is 12.4 Å². The SMILES string of the molecule is Cl.c1ccc([O][Ti]([O]c2ccccc2)[O]c2ccccc2)cc1. The Hall–Kier alpha value is -1.94. The van der Waals surface area contributed by atoms with Gasteiger partial charge in [-0.2, -0.15) is 0 Å². The molecule has 0 unspecified atom stereocenters. The topological polar surface area (TPSA) is 27.7 Å². The predicted molar refractivity (Wildman–Crippen MR) is 88.5 cm³/mol. The molecule has 0 atom stereocenters. The van der Waals surface area contributed by atoms with Gasteiger partial charge in [-0.25, -0.2) is 0 Å². The normalized spacial score (nSPS) is 9.39. The minimum atomic E-state index is -2.72. The molecule has 0 radical (unpaired) electrons. The van der Waals surface area contributed by atoms with Crippen molar-refractivity contribution in [1.82, 2.24) is 0 Å². The molecule has 0 aliphatic heterocycles. The van der Waals surface area contributed by atoms with Gasteiger partial charge < -0.3 is 0 Å². The molecule has 0 bridgehead atoms. The first-order valence-corrected chi connectivity index (χ1v) is 8.87. The zero-order valence-electron chi connectivity index (χ0n) is 12.3. The summed E-state index contributed by atoms with van der Waals surface area (Å²) >= 11 is -2.72. The molecular weight excluding hydrogens is 348 g/mol. The standard InChI is InChI=1S/3C6H6O.ClH.Ti/c3*7-6-4-2-1-3-5-6;;/h3*1-5,7H;1H;/q;;;;+3/p-3. The van der Waals surface area contributed by atoms with E-state index < -0.39 is 19.0 Å². The molecular formula is C18H16ClO3Ti. The van der Waals surface area contributed by atoms with E-state index in [2.05, 4.69) is 0 Å². The molecule has 0 heterocycles. The molecule has 0 spiro atoms. The average Bonchev–Trinajstić information content (AvgIpc) is 2.57. The molecule has 117 valence electrons. The van der Waals surface area contributed by atoms with Crippen molar-refractivity contribution in [2.75, 3.05) is 0 Å². The van der Waals surface area contributed by atoms with Crippen LogP contribution in [0.2, 0.25) is 0 Å². The third-order valence-corrected chi connectivity index (χ3v) is 4.72. The van der Waals surface area contributed by atoms with Crippen LogP contribution < -0.4 is 9.96 Å². The van der Waals surface area contributed by atoms with Gasteiger partial charge in [0.25, 0.3) is 0 Å². The van der Waals surface area contributed by atoms with Crippen molar-refractivity contribution in [1.29, 1.82) is 0 Å². The summed E-state index contributed by atoms with van der Waals surface area (Å²) in [7, 11) is 0. The fraction of sp³-hybridized carbons (Fsp3) is 0. The molecule has 3 aromatic carbocycles. The van der Waals surface area contributed by atoms with E-state index in [0.717, 1.165) is 17.2 Å². The average molecular weight is 364 g/mol. The zero-order chi connectivity index (χ0) is 15.0. The van der Waals surface area contributed by atoms with Gasteiger partial charge >= 0.3 is 137 Å². The third-order valence-electron chi connectivity index (χ3n) is 2.83. The Morgan fingerprint density at radius 3 is 0.957 bits per heavy atom. The van der Waals surface area contributed by atoms with Gasteiger partial charge in [-0.05, 0) is 0 Å². The van der Waals surface area contributed by atoms with Crippen molar-refractivity contribution >= 4 is 12.4 Å². The van der Waals surface area contributed by atoms with Crippen molar-refractivity contribution in [2.24, 2.45) is 0 Å². The molecule has 23 heavy (non-hydrogen) atoms. The Labute approximate surface area is 149 Å². The Morgan fingerprint density at radius 2 is 0.696 bits per heavy atom. The fourth-order valence-corrected chi connectivity index (χ4v) is 3.55. The van der Waals surface area contributed by atoms with Gasteiger partial charge in [0.1, 0.15) is 0 Å². The molecule has 5 heteroatoms. The Morgan fingerprint density at radius 1 is 0.435 bits per heavy atom. The molecule has 3 rings (SSSR count). The molecule has 0 saturated carbocycles. The molecule has 0 aromatic heterocycles. The number of halogens is 1. The van der Waals surface area contributed by atoms with Crippen LogP contribution in [0.4, 0.5) is 0 Å². The van der Waals surface area contributed by atoms with Crippen LogP contribution in [-0.2, 0) is 19.0 Å². The maximum atomic E-state index is 5.94. The van der Waals surface area contributed by atoms with E-state index in [0.29, 0.717) is 0 Å². The quantitative estimate of drug-likeness (QED) is 0.576. The maximum absolute atomic E-state index is 5.94. The van der Waals surface area contributed by atoms with Gasteiger partial charge in [0.05, 0.1) is 0 Å². The first-order valence-electron chi connectivity index (χ1n) is 6.96. The van der Waals surface area contributed by atoms with Crippen LogP contribution in [0.15, 0.2) is 91.0 Å². The van der Waals surface area contributed by atoms with Crippen molar-refractivity contribution in [3.05, 3.63) is 91.0 Å². The number of hydrogen-bond acceptors (Lipinski definition) is 3. The van der Waals surface area contributed by atoms with E-state index >= 15 is 0 Å². The number of benzene rings is 3. The number of para-hydroxylation sites is 3. The van der Waals surface area contributed by atoms with Gasteiger partial charge in [0.2, 0.25) is 0 Å². The van der Waals surface area contributed by atoms with Crippen LogP contribution in [0, 0.1) is 0 Å². The third kappa shape index (κ3) is 5.64. The van der Waals surface area contributed by atoms with Crippen LogP contribution >= 0.6 is 12.4 Å². The summed E-state index contributed by atoms with van der Waals surface area (Å²) in [5.74, 6) is 2.26. The summed E-state index contributed by atoms with van der Waals surface area (Å²) in [6.45, 7) is 0.